The van der Waals surface area contributed by atoms with Crippen molar-refractivity contribution < 1.29 is 18.3 Å². The van der Waals surface area contributed by atoms with Crippen LogP contribution in [0.4, 0.5) is 8.78 Å². The van der Waals surface area contributed by atoms with E-state index >= 15 is 0 Å². The summed E-state index contributed by atoms with van der Waals surface area (Å²) < 4.78 is 40.2. The molecule has 1 saturated heterocycles. The zero-order valence-corrected chi connectivity index (χ0v) is 21.2. The third-order valence-electron chi connectivity index (χ3n) is 9.05. The van der Waals surface area contributed by atoms with Crippen LogP contribution in [0.15, 0.2) is 24.3 Å². The molecule has 1 aliphatic heterocycles. The van der Waals surface area contributed by atoms with Crippen molar-refractivity contribution in [2.24, 2.45) is 29.6 Å². The molecule has 0 N–H and O–H groups in total. The topological polar surface area (TPSA) is 18.5 Å². The van der Waals surface area contributed by atoms with Gasteiger partial charge in [0.25, 0.3) is 0 Å². The second-order valence-electron chi connectivity index (χ2n) is 11.0. The summed E-state index contributed by atoms with van der Waals surface area (Å²) in [5, 5.41) is 0. The minimum Gasteiger partial charge on any atom is -0.491 e. The van der Waals surface area contributed by atoms with E-state index in [0.717, 1.165) is 36.5 Å². The summed E-state index contributed by atoms with van der Waals surface area (Å²) in [6, 6.07) is 3.17. The minimum absolute atomic E-state index is 0.0173. The largest absolute Gasteiger partial charge is 0.491 e. The number of allylic oxidation sites excluding steroid dienone is 2. The number of benzene rings is 1. The molecule has 2 nitrogen and oxygen atoms in total. The summed E-state index contributed by atoms with van der Waals surface area (Å²) in [5.41, 5.74) is 0.337. The molecule has 0 spiro atoms. The minimum atomic E-state index is -0.893. The Balaban J connectivity index is 1.20. The van der Waals surface area contributed by atoms with Gasteiger partial charge in [-0.2, -0.15) is 4.39 Å². The van der Waals surface area contributed by atoms with Crippen LogP contribution in [0.2, 0.25) is 0 Å². The molecule has 0 bridgehead atoms. The fraction of sp³-hybridized carbons (Fsp3) is 0.733. The molecule has 0 aromatic heterocycles. The van der Waals surface area contributed by atoms with Crippen molar-refractivity contribution in [2.75, 3.05) is 13.2 Å². The summed E-state index contributed by atoms with van der Waals surface area (Å²) in [7, 11) is 0. The molecule has 0 radical (unpaired) electrons. The van der Waals surface area contributed by atoms with E-state index in [-0.39, 0.29) is 11.9 Å². The Morgan fingerprint density at radius 2 is 1.47 bits per heavy atom. The first kappa shape index (κ1) is 25.7. The van der Waals surface area contributed by atoms with Crippen molar-refractivity contribution >= 4 is 0 Å². The summed E-state index contributed by atoms with van der Waals surface area (Å²) in [6.07, 6.45) is 19.7. The lowest BCUT2D eigenvalue weighted by Gasteiger charge is -2.41. The Hall–Kier alpha value is -1.42. The molecule has 2 saturated carbocycles. The zero-order chi connectivity index (χ0) is 23.9. The number of hydrogen-bond donors (Lipinski definition) is 0. The van der Waals surface area contributed by atoms with E-state index in [4.69, 9.17) is 9.47 Å². The summed E-state index contributed by atoms with van der Waals surface area (Å²) in [5.74, 6) is 2.39. The van der Waals surface area contributed by atoms with Gasteiger partial charge >= 0.3 is 0 Å². The van der Waals surface area contributed by atoms with Crippen molar-refractivity contribution in [3.8, 4) is 5.75 Å². The van der Waals surface area contributed by atoms with Gasteiger partial charge in [0, 0.05) is 5.56 Å². The fourth-order valence-electron chi connectivity index (χ4n) is 6.99. The van der Waals surface area contributed by atoms with Crippen molar-refractivity contribution in [3.63, 3.8) is 0 Å². The van der Waals surface area contributed by atoms with Gasteiger partial charge in [-0.1, -0.05) is 25.0 Å². The predicted octanol–water partition coefficient (Wildman–Crippen LogP) is 8.80. The molecule has 3 fully saturated rings. The lowest BCUT2D eigenvalue weighted by atomic mass is 9.66. The average molecular weight is 475 g/mol. The van der Waals surface area contributed by atoms with Gasteiger partial charge in [-0.25, -0.2) is 4.39 Å². The molecule has 3 aliphatic rings. The summed E-state index contributed by atoms with van der Waals surface area (Å²) >= 11 is 0. The first-order chi connectivity index (χ1) is 16.6. The van der Waals surface area contributed by atoms with Crippen LogP contribution >= 0.6 is 0 Å². The Labute approximate surface area is 205 Å². The Bertz CT molecular complexity index is 783. The van der Waals surface area contributed by atoms with E-state index in [2.05, 4.69) is 19.1 Å². The van der Waals surface area contributed by atoms with E-state index in [9.17, 15) is 8.78 Å². The van der Waals surface area contributed by atoms with E-state index in [1.807, 2.05) is 0 Å². The molecular formula is C30H44F2O2. The lowest BCUT2D eigenvalue weighted by Crippen LogP contribution is -2.32. The van der Waals surface area contributed by atoms with Crippen molar-refractivity contribution in [1.82, 2.24) is 0 Å². The predicted molar refractivity (Wildman–Crippen MR) is 134 cm³/mol. The number of hydrogen-bond acceptors (Lipinski definition) is 2. The van der Waals surface area contributed by atoms with Crippen LogP contribution in [0.3, 0.4) is 0 Å². The molecule has 34 heavy (non-hydrogen) atoms. The normalized spacial score (nSPS) is 32.7. The molecule has 2 atom stereocenters. The molecule has 2 aliphatic carbocycles. The second-order valence-corrected chi connectivity index (χ2v) is 11.0. The lowest BCUT2D eigenvalue weighted by molar-refractivity contribution is -0.0437. The van der Waals surface area contributed by atoms with Gasteiger partial charge in [0.15, 0.2) is 11.6 Å². The van der Waals surface area contributed by atoms with Crippen LogP contribution < -0.4 is 4.74 Å². The second kappa shape index (κ2) is 12.5. The van der Waals surface area contributed by atoms with Gasteiger partial charge in [-0.05, 0) is 120 Å². The zero-order valence-electron chi connectivity index (χ0n) is 21.2. The van der Waals surface area contributed by atoms with Crippen molar-refractivity contribution in [3.05, 3.63) is 41.5 Å². The highest BCUT2D eigenvalue weighted by atomic mass is 19.2. The first-order valence-corrected chi connectivity index (χ1v) is 13.9. The van der Waals surface area contributed by atoms with E-state index in [1.165, 1.54) is 70.3 Å². The quantitative estimate of drug-likeness (QED) is 0.350. The van der Waals surface area contributed by atoms with Crippen LogP contribution in [-0.4, -0.2) is 13.2 Å². The number of ether oxygens (including phenoxy) is 2. The molecule has 1 aromatic carbocycles. The van der Waals surface area contributed by atoms with Crippen molar-refractivity contribution in [1.29, 1.82) is 0 Å². The van der Waals surface area contributed by atoms with Crippen LogP contribution in [-0.2, 0) is 4.74 Å². The Kier molecular flexibility index (Phi) is 9.45. The first-order valence-electron chi connectivity index (χ1n) is 13.9. The monoisotopic (exact) mass is 474 g/mol. The number of halogens is 2. The third-order valence-corrected chi connectivity index (χ3v) is 9.05. The molecule has 4 rings (SSSR count). The standard InChI is InChI=1S/C30H44F2O2/c1-3-5-6-7-21-8-10-22(11-9-21)23-12-14-24(15-13-23)25-16-18-27(34-20-25)26-17-19-28(33-4-2)30(32)29(26)31/h3,5,17,19,21-25,27H,4,6-16,18,20H2,1-2H3/b5-3+/t21?,22?,23?,24?,25?,27-/m0/s1. The molecule has 4 heteroatoms. The highest BCUT2D eigenvalue weighted by Gasteiger charge is 2.36. The van der Waals surface area contributed by atoms with Gasteiger partial charge in [0.1, 0.15) is 0 Å². The van der Waals surface area contributed by atoms with E-state index < -0.39 is 11.6 Å². The van der Waals surface area contributed by atoms with Gasteiger partial charge in [0.2, 0.25) is 5.82 Å². The maximum Gasteiger partial charge on any atom is 0.200 e. The van der Waals surface area contributed by atoms with Gasteiger partial charge in [-0.15, -0.1) is 0 Å². The summed E-state index contributed by atoms with van der Waals surface area (Å²) in [6.45, 7) is 4.87. The van der Waals surface area contributed by atoms with Gasteiger partial charge < -0.3 is 9.47 Å². The van der Waals surface area contributed by atoms with Crippen LogP contribution in [0, 0.1) is 41.2 Å². The third kappa shape index (κ3) is 6.22. The smallest absolute Gasteiger partial charge is 0.200 e. The van der Waals surface area contributed by atoms with Crippen LogP contribution in [0.25, 0.3) is 0 Å². The van der Waals surface area contributed by atoms with Crippen LogP contribution in [0.5, 0.6) is 5.75 Å². The fourth-order valence-corrected chi connectivity index (χ4v) is 6.99. The maximum absolute atomic E-state index is 14.6. The molecular weight excluding hydrogens is 430 g/mol. The highest BCUT2D eigenvalue weighted by Crippen LogP contribution is 2.46. The molecule has 1 aromatic rings. The van der Waals surface area contributed by atoms with E-state index in [0.29, 0.717) is 24.7 Å². The maximum atomic E-state index is 14.6. The molecule has 190 valence electrons. The number of rotatable bonds is 8. The van der Waals surface area contributed by atoms with Gasteiger partial charge in [0.05, 0.1) is 19.3 Å². The van der Waals surface area contributed by atoms with Gasteiger partial charge in [-0.3, -0.25) is 0 Å². The van der Waals surface area contributed by atoms with Crippen molar-refractivity contribution in [2.45, 2.75) is 97.0 Å². The summed E-state index contributed by atoms with van der Waals surface area (Å²) in [4.78, 5) is 0. The SMILES string of the molecule is C/C=C/CCC1CCC(C2CCC(C3CC[C@@H](c4ccc(OCC)c(F)c4F)OC3)CC2)CC1. The highest BCUT2D eigenvalue weighted by molar-refractivity contribution is 5.32. The molecule has 1 heterocycles. The Morgan fingerprint density at radius 3 is 2.06 bits per heavy atom. The molecule has 1 unspecified atom stereocenters. The average Bonchev–Trinajstić information content (AvgIpc) is 2.88. The Morgan fingerprint density at radius 1 is 0.853 bits per heavy atom. The van der Waals surface area contributed by atoms with Crippen LogP contribution in [0.1, 0.15) is 103 Å². The van der Waals surface area contributed by atoms with E-state index in [1.54, 1.807) is 13.0 Å². The molecule has 0 amide bonds.